The van der Waals surface area contributed by atoms with Crippen LogP contribution in [-0.2, 0) is 4.74 Å². The summed E-state index contributed by atoms with van der Waals surface area (Å²) in [5.74, 6) is 0.173. The Morgan fingerprint density at radius 1 is 1.35 bits per heavy atom. The fourth-order valence-electron chi connectivity index (χ4n) is 2.57. The van der Waals surface area contributed by atoms with Crippen LogP contribution in [0.4, 0.5) is 0 Å². The quantitative estimate of drug-likeness (QED) is 0.557. The van der Waals surface area contributed by atoms with Crippen LogP contribution in [0.25, 0.3) is 0 Å². The molecule has 3 nitrogen and oxygen atoms in total. The van der Waals surface area contributed by atoms with Crippen LogP contribution in [0.5, 0.6) is 0 Å². The second kappa shape index (κ2) is 6.75. The minimum absolute atomic E-state index is 0.243. The first-order valence-electron chi connectivity index (χ1n) is 6.78. The SMILES string of the molecule is CC(C)(OC(=O)c1cc(Br)cc(I)c1)C1CCNCC1. The number of halogens is 2. The minimum atomic E-state index is -0.424. The van der Waals surface area contributed by atoms with Crippen LogP contribution in [0.1, 0.15) is 37.0 Å². The first-order valence-corrected chi connectivity index (χ1v) is 8.66. The van der Waals surface area contributed by atoms with Gasteiger partial charge >= 0.3 is 5.97 Å². The highest BCUT2D eigenvalue weighted by atomic mass is 127. The van der Waals surface area contributed by atoms with E-state index in [1.807, 2.05) is 32.0 Å². The van der Waals surface area contributed by atoms with E-state index in [-0.39, 0.29) is 5.97 Å². The number of hydrogen-bond donors (Lipinski definition) is 1. The number of ether oxygens (including phenoxy) is 1. The zero-order valence-electron chi connectivity index (χ0n) is 11.7. The van der Waals surface area contributed by atoms with Crippen molar-refractivity contribution in [2.75, 3.05) is 13.1 Å². The lowest BCUT2D eigenvalue weighted by atomic mass is 9.83. The molecule has 0 unspecified atom stereocenters. The van der Waals surface area contributed by atoms with Gasteiger partial charge in [-0.3, -0.25) is 0 Å². The topological polar surface area (TPSA) is 38.3 Å². The van der Waals surface area contributed by atoms with Crippen LogP contribution in [0.3, 0.4) is 0 Å². The lowest BCUT2D eigenvalue weighted by molar-refractivity contribution is -0.0368. The summed E-state index contributed by atoms with van der Waals surface area (Å²) in [6.45, 7) is 6.04. The van der Waals surface area contributed by atoms with Crippen LogP contribution in [0.15, 0.2) is 22.7 Å². The van der Waals surface area contributed by atoms with Crippen LogP contribution >= 0.6 is 38.5 Å². The van der Waals surface area contributed by atoms with Gasteiger partial charge in [-0.15, -0.1) is 0 Å². The van der Waals surface area contributed by atoms with E-state index in [4.69, 9.17) is 4.74 Å². The first-order chi connectivity index (χ1) is 9.38. The maximum absolute atomic E-state index is 12.3. The maximum Gasteiger partial charge on any atom is 0.338 e. The maximum atomic E-state index is 12.3. The van der Waals surface area contributed by atoms with Gasteiger partial charge in [0, 0.05) is 14.0 Å². The Morgan fingerprint density at radius 2 is 2.00 bits per heavy atom. The fraction of sp³-hybridized carbons (Fsp3) is 0.533. The lowest BCUT2D eigenvalue weighted by Gasteiger charge is -2.36. The van der Waals surface area contributed by atoms with E-state index in [1.165, 1.54) is 0 Å². The smallest absolute Gasteiger partial charge is 0.338 e. The normalized spacial score (nSPS) is 17.0. The molecule has 0 amide bonds. The molecule has 0 spiro atoms. The third-order valence-electron chi connectivity index (χ3n) is 3.78. The van der Waals surface area contributed by atoms with Crippen molar-refractivity contribution in [1.29, 1.82) is 0 Å². The van der Waals surface area contributed by atoms with Gasteiger partial charge in [0.15, 0.2) is 0 Å². The van der Waals surface area contributed by atoms with E-state index in [0.717, 1.165) is 34.0 Å². The van der Waals surface area contributed by atoms with E-state index >= 15 is 0 Å². The van der Waals surface area contributed by atoms with Gasteiger partial charge in [0.2, 0.25) is 0 Å². The molecule has 110 valence electrons. The Morgan fingerprint density at radius 3 is 2.60 bits per heavy atom. The Kier molecular flexibility index (Phi) is 5.48. The molecule has 0 radical (unpaired) electrons. The molecule has 1 aromatic rings. The van der Waals surface area contributed by atoms with E-state index in [2.05, 4.69) is 43.8 Å². The number of esters is 1. The van der Waals surface area contributed by atoms with Gasteiger partial charge in [-0.25, -0.2) is 4.79 Å². The number of carbonyl (C=O) groups is 1. The molecule has 0 aromatic heterocycles. The van der Waals surface area contributed by atoms with Crippen LogP contribution in [0, 0.1) is 9.49 Å². The van der Waals surface area contributed by atoms with Crippen molar-refractivity contribution < 1.29 is 9.53 Å². The second-order valence-electron chi connectivity index (χ2n) is 5.68. The van der Waals surface area contributed by atoms with Crippen LogP contribution in [0.2, 0.25) is 0 Å². The summed E-state index contributed by atoms with van der Waals surface area (Å²) in [6.07, 6.45) is 2.10. The van der Waals surface area contributed by atoms with E-state index < -0.39 is 5.60 Å². The second-order valence-corrected chi connectivity index (χ2v) is 7.84. The summed E-state index contributed by atoms with van der Waals surface area (Å²) in [5.41, 5.74) is 0.179. The standard InChI is InChI=1S/C15H19BrINO2/c1-15(2,11-3-5-18-6-4-11)20-14(19)10-7-12(16)9-13(17)8-10/h7-9,11,18H,3-6H2,1-2H3. The van der Waals surface area contributed by atoms with Crippen LogP contribution in [-0.4, -0.2) is 24.7 Å². The third kappa shape index (κ3) is 4.18. The molecule has 0 aliphatic carbocycles. The predicted molar refractivity (Wildman–Crippen MR) is 91.9 cm³/mol. The Balaban J connectivity index is 2.09. The molecule has 1 fully saturated rings. The summed E-state index contributed by atoms with van der Waals surface area (Å²) < 4.78 is 7.70. The predicted octanol–water partition coefficient (Wildman–Crippen LogP) is 3.99. The van der Waals surface area contributed by atoms with Gasteiger partial charge in [0.1, 0.15) is 5.60 Å². The summed E-state index contributed by atoms with van der Waals surface area (Å²) in [5, 5.41) is 3.34. The zero-order valence-corrected chi connectivity index (χ0v) is 15.5. The Hall–Kier alpha value is -0.140. The lowest BCUT2D eigenvalue weighted by Crippen LogP contribution is -2.42. The molecule has 1 aliphatic heterocycles. The van der Waals surface area contributed by atoms with Crippen LogP contribution < -0.4 is 5.32 Å². The van der Waals surface area contributed by atoms with Gasteiger partial charge in [-0.2, -0.15) is 0 Å². The van der Waals surface area contributed by atoms with Crippen molar-refractivity contribution in [2.24, 2.45) is 5.92 Å². The first kappa shape index (κ1) is 16.2. The highest BCUT2D eigenvalue weighted by Crippen LogP contribution is 2.30. The Labute approximate surface area is 142 Å². The average Bonchev–Trinajstić information content (AvgIpc) is 2.38. The Bertz CT molecular complexity index is 478. The third-order valence-corrected chi connectivity index (χ3v) is 4.86. The molecule has 5 heteroatoms. The summed E-state index contributed by atoms with van der Waals surface area (Å²) in [6, 6.07) is 5.63. The van der Waals surface area contributed by atoms with Gasteiger partial charge in [0.05, 0.1) is 5.56 Å². The van der Waals surface area contributed by atoms with Gasteiger partial charge < -0.3 is 10.1 Å². The molecule has 1 saturated heterocycles. The van der Waals surface area contributed by atoms with E-state index in [0.29, 0.717) is 11.5 Å². The van der Waals surface area contributed by atoms with E-state index in [9.17, 15) is 4.79 Å². The number of nitrogens with one attached hydrogen (secondary N) is 1. The molecule has 0 bridgehead atoms. The molecule has 0 atom stereocenters. The van der Waals surface area contributed by atoms with Crippen molar-refractivity contribution in [3.63, 3.8) is 0 Å². The van der Waals surface area contributed by atoms with Crippen molar-refractivity contribution >= 4 is 44.5 Å². The summed E-state index contributed by atoms with van der Waals surface area (Å²) in [7, 11) is 0. The molecule has 1 aromatic carbocycles. The molecule has 0 saturated carbocycles. The summed E-state index contributed by atoms with van der Waals surface area (Å²) >= 11 is 5.62. The highest BCUT2D eigenvalue weighted by molar-refractivity contribution is 14.1. The molecular formula is C15H19BrINO2. The molecule has 1 N–H and O–H groups in total. The van der Waals surface area contributed by atoms with Gasteiger partial charge in [0.25, 0.3) is 0 Å². The van der Waals surface area contributed by atoms with Crippen molar-refractivity contribution in [3.05, 3.63) is 31.8 Å². The van der Waals surface area contributed by atoms with Gasteiger partial charge in [-0.05, 0) is 80.6 Å². The van der Waals surface area contributed by atoms with Crippen molar-refractivity contribution in [1.82, 2.24) is 5.32 Å². The molecule has 20 heavy (non-hydrogen) atoms. The van der Waals surface area contributed by atoms with Crippen molar-refractivity contribution in [2.45, 2.75) is 32.3 Å². The number of carbonyl (C=O) groups excluding carboxylic acids is 1. The number of hydrogen-bond acceptors (Lipinski definition) is 3. The number of rotatable bonds is 3. The highest BCUT2D eigenvalue weighted by Gasteiger charge is 2.34. The summed E-state index contributed by atoms with van der Waals surface area (Å²) in [4.78, 5) is 12.3. The molecule has 1 aliphatic rings. The van der Waals surface area contributed by atoms with E-state index in [1.54, 1.807) is 0 Å². The van der Waals surface area contributed by atoms with Crippen molar-refractivity contribution in [3.8, 4) is 0 Å². The zero-order chi connectivity index (χ0) is 14.8. The average molecular weight is 452 g/mol. The van der Waals surface area contributed by atoms with Gasteiger partial charge in [-0.1, -0.05) is 15.9 Å². The fourth-order valence-corrected chi connectivity index (χ4v) is 4.16. The molecule has 2 rings (SSSR count). The monoisotopic (exact) mass is 451 g/mol. The minimum Gasteiger partial charge on any atom is -0.456 e. The number of benzene rings is 1. The molecule has 1 heterocycles. The molecular weight excluding hydrogens is 433 g/mol. The largest absolute Gasteiger partial charge is 0.456 e. The number of piperidine rings is 1.